The summed E-state index contributed by atoms with van der Waals surface area (Å²) in [5.74, 6) is -0.432. The Balaban J connectivity index is 1.69. The highest BCUT2D eigenvalue weighted by atomic mass is 19.1. The van der Waals surface area contributed by atoms with Crippen LogP contribution in [0.1, 0.15) is 35.3 Å². The molecule has 0 atom stereocenters. The van der Waals surface area contributed by atoms with Crippen molar-refractivity contribution in [1.82, 2.24) is 10.3 Å². The van der Waals surface area contributed by atoms with Crippen LogP contribution in [-0.2, 0) is 12.1 Å². The maximum absolute atomic E-state index is 13.3. The quantitative estimate of drug-likeness (QED) is 0.673. The van der Waals surface area contributed by atoms with E-state index in [1.54, 1.807) is 32.0 Å². The van der Waals surface area contributed by atoms with E-state index >= 15 is 0 Å². The number of carbonyl (C=O) groups is 1. The number of hydrogen-bond donors (Lipinski definition) is 2. The van der Waals surface area contributed by atoms with Crippen LogP contribution in [0, 0.1) is 5.82 Å². The van der Waals surface area contributed by atoms with Gasteiger partial charge in [0.05, 0.1) is 5.60 Å². The summed E-state index contributed by atoms with van der Waals surface area (Å²) in [5, 5.41) is 12.8. The number of carbonyl (C=O) groups excluding carboxylic acids is 1. The average molecular weight is 380 g/mol. The molecule has 1 aromatic heterocycles. The molecule has 0 saturated heterocycles. The van der Waals surface area contributed by atoms with Crippen molar-refractivity contribution in [2.24, 2.45) is 0 Å². The smallest absolute Gasteiger partial charge is 0.257 e. The first-order valence-electron chi connectivity index (χ1n) is 8.81. The van der Waals surface area contributed by atoms with E-state index < -0.39 is 11.4 Å². The Kier molecular flexibility index (Phi) is 5.70. The highest BCUT2D eigenvalue weighted by Gasteiger charge is 2.16. The Hall–Kier alpha value is -3.25. The van der Waals surface area contributed by atoms with Crippen LogP contribution < -0.4 is 10.1 Å². The maximum atomic E-state index is 13.3. The minimum atomic E-state index is -0.916. The van der Waals surface area contributed by atoms with Gasteiger partial charge in [-0.05, 0) is 49.2 Å². The molecule has 0 bridgehead atoms. The van der Waals surface area contributed by atoms with Crippen molar-refractivity contribution in [3.8, 4) is 11.6 Å². The molecule has 2 aromatic carbocycles. The van der Waals surface area contributed by atoms with E-state index in [1.165, 1.54) is 24.4 Å². The third-order valence-electron chi connectivity index (χ3n) is 4.14. The Labute approximate surface area is 162 Å². The highest BCUT2D eigenvalue weighted by Crippen LogP contribution is 2.24. The molecule has 0 aliphatic rings. The van der Waals surface area contributed by atoms with Gasteiger partial charge in [0.15, 0.2) is 0 Å². The number of aromatic nitrogens is 1. The zero-order valence-corrected chi connectivity index (χ0v) is 15.6. The van der Waals surface area contributed by atoms with Crippen LogP contribution in [0.4, 0.5) is 4.39 Å². The first kappa shape index (κ1) is 19.5. The summed E-state index contributed by atoms with van der Waals surface area (Å²) in [5.41, 5.74) is 1.01. The molecule has 0 aliphatic heterocycles. The Bertz CT molecular complexity index is 966. The van der Waals surface area contributed by atoms with E-state index in [0.29, 0.717) is 6.54 Å². The molecule has 3 aromatic rings. The second-order valence-corrected chi connectivity index (χ2v) is 6.85. The molecule has 0 saturated carbocycles. The average Bonchev–Trinajstić information content (AvgIpc) is 2.66. The van der Waals surface area contributed by atoms with Crippen molar-refractivity contribution in [1.29, 1.82) is 0 Å². The van der Waals surface area contributed by atoms with Gasteiger partial charge >= 0.3 is 0 Å². The standard InChI is InChI=1S/C22H21FN2O3/c1-22(2,27)16-10-8-15(9-11-16)14-25-20(26)19-7-4-12-24-21(19)28-18-6-3-5-17(23)13-18/h3-13,27H,14H2,1-2H3,(H,25,26). The van der Waals surface area contributed by atoms with Gasteiger partial charge in [0.1, 0.15) is 17.1 Å². The number of pyridine rings is 1. The predicted octanol–water partition coefficient (Wildman–Crippen LogP) is 4.17. The number of hydrogen-bond acceptors (Lipinski definition) is 4. The number of halogens is 1. The van der Waals surface area contributed by atoms with E-state index in [1.807, 2.05) is 24.3 Å². The molecule has 0 spiro atoms. The second kappa shape index (κ2) is 8.19. The number of nitrogens with zero attached hydrogens (tertiary/aromatic N) is 1. The van der Waals surface area contributed by atoms with E-state index in [0.717, 1.165) is 11.1 Å². The fourth-order valence-corrected chi connectivity index (χ4v) is 2.60. The lowest BCUT2D eigenvalue weighted by Crippen LogP contribution is -2.23. The van der Waals surface area contributed by atoms with Crippen molar-refractivity contribution in [3.63, 3.8) is 0 Å². The van der Waals surface area contributed by atoms with Gasteiger partial charge in [-0.15, -0.1) is 0 Å². The molecule has 28 heavy (non-hydrogen) atoms. The zero-order valence-electron chi connectivity index (χ0n) is 15.6. The molecule has 5 nitrogen and oxygen atoms in total. The lowest BCUT2D eigenvalue weighted by molar-refractivity contribution is 0.0785. The second-order valence-electron chi connectivity index (χ2n) is 6.85. The minimum absolute atomic E-state index is 0.1000. The molecule has 2 N–H and O–H groups in total. The molecular weight excluding hydrogens is 359 g/mol. The Morgan fingerprint density at radius 1 is 1.14 bits per heavy atom. The van der Waals surface area contributed by atoms with Crippen molar-refractivity contribution in [2.75, 3.05) is 0 Å². The summed E-state index contributed by atoms with van der Waals surface area (Å²) in [6, 6.07) is 16.2. The van der Waals surface area contributed by atoms with Crippen LogP contribution in [0.2, 0.25) is 0 Å². The van der Waals surface area contributed by atoms with Crippen molar-refractivity contribution in [3.05, 3.63) is 89.4 Å². The first-order chi connectivity index (χ1) is 13.3. The lowest BCUT2D eigenvalue weighted by atomic mass is 9.97. The molecule has 0 unspecified atom stereocenters. The summed E-state index contributed by atoms with van der Waals surface area (Å²) >= 11 is 0. The molecular formula is C22H21FN2O3. The number of amides is 1. The van der Waals surface area contributed by atoms with Crippen molar-refractivity contribution >= 4 is 5.91 Å². The Morgan fingerprint density at radius 2 is 1.89 bits per heavy atom. The maximum Gasteiger partial charge on any atom is 0.257 e. The van der Waals surface area contributed by atoms with E-state index in [9.17, 15) is 14.3 Å². The van der Waals surface area contributed by atoms with Crippen molar-refractivity contribution in [2.45, 2.75) is 26.0 Å². The topological polar surface area (TPSA) is 71.5 Å². The molecule has 0 fully saturated rings. The van der Waals surface area contributed by atoms with Crippen LogP contribution in [-0.4, -0.2) is 16.0 Å². The fourth-order valence-electron chi connectivity index (χ4n) is 2.60. The van der Waals surface area contributed by atoms with Gasteiger partial charge in [0.2, 0.25) is 5.88 Å². The van der Waals surface area contributed by atoms with E-state index in [2.05, 4.69) is 10.3 Å². The molecule has 0 aliphatic carbocycles. The summed E-state index contributed by atoms with van der Waals surface area (Å²) < 4.78 is 18.9. The first-order valence-corrected chi connectivity index (χ1v) is 8.81. The normalized spacial score (nSPS) is 11.1. The fraction of sp³-hybridized carbons (Fsp3) is 0.182. The highest BCUT2D eigenvalue weighted by molar-refractivity contribution is 5.96. The van der Waals surface area contributed by atoms with Gasteiger partial charge in [-0.1, -0.05) is 30.3 Å². The molecule has 1 amide bonds. The van der Waals surface area contributed by atoms with Gasteiger partial charge in [0, 0.05) is 18.8 Å². The van der Waals surface area contributed by atoms with Crippen LogP contribution in [0.3, 0.4) is 0 Å². The minimum Gasteiger partial charge on any atom is -0.438 e. The van der Waals surface area contributed by atoms with Gasteiger partial charge in [0.25, 0.3) is 5.91 Å². The van der Waals surface area contributed by atoms with Gasteiger partial charge in [-0.25, -0.2) is 9.37 Å². The summed E-state index contributed by atoms with van der Waals surface area (Å²) in [6.07, 6.45) is 1.50. The van der Waals surface area contributed by atoms with Crippen LogP contribution in [0.5, 0.6) is 11.6 Å². The number of ether oxygens (including phenoxy) is 1. The number of benzene rings is 2. The number of nitrogens with one attached hydrogen (secondary N) is 1. The Morgan fingerprint density at radius 3 is 2.57 bits per heavy atom. The number of rotatable bonds is 6. The summed E-state index contributed by atoms with van der Waals surface area (Å²) in [7, 11) is 0. The summed E-state index contributed by atoms with van der Waals surface area (Å²) in [4.78, 5) is 16.7. The summed E-state index contributed by atoms with van der Waals surface area (Å²) in [6.45, 7) is 3.73. The molecule has 1 heterocycles. The van der Waals surface area contributed by atoms with Gasteiger partial charge in [-0.3, -0.25) is 4.79 Å². The monoisotopic (exact) mass is 380 g/mol. The van der Waals surface area contributed by atoms with E-state index in [-0.39, 0.29) is 23.1 Å². The van der Waals surface area contributed by atoms with Gasteiger partial charge < -0.3 is 15.2 Å². The number of aliphatic hydroxyl groups is 1. The molecule has 144 valence electrons. The van der Waals surface area contributed by atoms with Crippen LogP contribution >= 0.6 is 0 Å². The van der Waals surface area contributed by atoms with Crippen LogP contribution in [0.15, 0.2) is 66.9 Å². The third-order valence-corrected chi connectivity index (χ3v) is 4.14. The zero-order chi connectivity index (χ0) is 20.1. The molecule has 3 rings (SSSR count). The largest absolute Gasteiger partial charge is 0.438 e. The SMILES string of the molecule is CC(C)(O)c1ccc(CNC(=O)c2cccnc2Oc2cccc(F)c2)cc1. The third kappa shape index (κ3) is 4.92. The predicted molar refractivity (Wildman–Crippen MR) is 104 cm³/mol. The van der Waals surface area contributed by atoms with Crippen LogP contribution in [0.25, 0.3) is 0 Å². The van der Waals surface area contributed by atoms with Crippen molar-refractivity contribution < 1.29 is 19.0 Å². The van der Waals surface area contributed by atoms with E-state index in [4.69, 9.17) is 4.74 Å². The molecule has 6 heteroatoms. The van der Waals surface area contributed by atoms with Gasteiger partial charge in [-0.2, -0.15) is 0 Å². The molecule has 0 radical (unpaired) electrons. The lowest BCUT2D eigenvalue weighted by Gasteiger charge is -2.18.